The minimum absolute atomic E-state index is 0.0595. The van der Waals surface area contributed by atoms with Crippen molar-refractivity contribution in [3.8, 4) is 0 Å². The van der Waals surface area contributed by atoms with E-state index < -0.39 is 34.4 Å². The number of nitrogens with zero attached hydrogens (tertiary/aromatic N) is 1. The molecule has 1 aromatic heterocycles. The van der Waals surface area contributed by atoms with Crippen molar-refractivity contribution in [1.82, 2.24) is 9.88 Å². The van der Waals surface area contributed by atoms with Gasteiger partial charge < -0.3 is 14.6 Å². The SMILES string of the molecule is Cn1cc(C(=O)OCC(=O)N[C@@H]2CCS(=O)(=O)C2)c2ccccc21. The lowest BCUT2D eigenvalue weighted by molar-refractivity contribution is -0.124. The number of esters is 1. The number of nitrogens with one attached hydrogen (secondary N) is 1. The van der Waals surface area contributed by atoms with Gasteiger partial charge in [0.15, 0.2) is 16.4 Å². The molecule has 128 valence electrons. The van der Waals surface area contributed by atoms with Crippen LogP contribution in [0.5, 0.6) is 0 Å². The number of aryl methyl sites for hydroxylation is 1. The topological polar surface area (TPSA) is 94.5 Å². The number of hydrogen-bond acceptors (Lipinski definition) is 5. The molecule has 1 fully saturated rings. The summed E-state index contributed by atoms with van der Waals surface area (Å²) in [5.41, 5.74) is 1.29. The van der Waals surface area contributed by atoms with Crippen molar-refractivity contribution in [1.29, 1.82) is 0 Å². The van der Waals surface area contributed by atoms with Crippen LogP contribution in [0, 0.1) is 0 Å². The smallest absolute Gasteiger partial charge is 0.340 e. The summed E-state index contributed by atoms with van der Waals surface area (Å²) in [6.07, 6.45) is 2.06. The van der Waals surface area contributed by atoms with Gasteiger partial charge >= 0.3 is 5.97 Å². The Bertz CT molecular complexity index is 900. The van der Waals surface area contributed by atoms with Crippen molar-refractivity contribution >= 4 is 32.6 Å². The second-order valence-electron chi connectivity index (χ2n) is 5.91. The van der Waals surface area contributed by atoms with Crippen LogP contribution in [0.25, 0.3) is 10.9 Å². The normalized spacial score (nSPS) is 19.3. The summed E-state index contributed by atoms with van der Waals surface area (Å²) < 4.78 is 29.6. The van der Waals surface area contributed by atoms with Crippen LogP contribution in [-0.2, 0) is 26.4 Å². The minimum atomic E-state index is -3.06. The molecule has 1 amide bonds. The van der Waals surface area contributed by atoms with Crippen molar-refractivity contribution in [2.45, 2.75) is 12.5 Å². The van der Waals surface area contributed by atoms with Crippen LogP contribution < -0.4 is 5.32 Å². The Balaban J connectivity index is 1.60. The number of amides is 1. The highest BCUT2D eigenvalue weighted by Gasteiger charge is 2.29. The molecule has 0 saturated carbocycles. The average molecular weight is 350 g/mol. The van der Waals surface area contributed by atoms with Crippen LogP contribution in [0.2, 0.25) is 0 Å². The van der Waals surface area contributed by atoms with Gasteiger partial charge in [-0.25, -0.2) is 13.2 Å². The number of carbonyl (C=O) groups excluding carboxylic acids is 2. The molecule has 1 aliphatic heterocycles. The molecule has 1 N–H and O–H groups in total. The van der Waals surface area contributed by atoms with Crippen molar-refractivity contribution in [2.24, 2.45) is 7.05 Å². The Morgan fingerprint density at radius 2 is 2.08 bits per heavy atom. The second kappa shape index (κ2) is 6.27. The fourth-order valence-corrected chi connectivity index (χ4v) is 4.56. The predicted octanol–water partition coefficient (Wildman–Crippen LogP) is 0.638. The van der Waals surface area contributed by atoms with E-state index in [1.54, 1.807) is 6.20 Å². The maximum atomic E-state index is 12.2. The van der Waals surface area contributed by atoms with E-state index in [9.17, 15) is 18.0 Å². The van der Waals surface area contributed by atoms with Gasteiger partial charge in [-0.1, -0.05) is 18.2 Å². The summed E-state index contributed by atoms with van der Waals surface area (Å²) in [4.78, 5) is 24.0. The Labute approximate surface area is 139 Å². The van der Waals surface area contributed by atoms with Crippen LogP contribution in [-0.4, -0.2) is 49.0 Å². The van der Waals surface area contributed by atoms with E-state index in [-0.39, 0.29) is 11.5 Å². The molecule has 0 unspecified atom stereocenters. The number of benzene rings is 1. The Morgan fingerprint density at radius 1 is 1.33 bits per heavy atom. The summed E-state index contributed by atoms with van der Waals surface area (Å²) in [6.45, 7) is -0.432. The van der Waals surface area contributed by atoms with E-state index in [1.165, 1.54) is 0 Å². The van der Waals surface area contributed by atoms with Gasteiger partial charge in [0.1, 0.15) is 0 Å². The number of sulfone groups is 1. The highest BCUT2D eigenvalue weighted by molar-refractivity contribution is 7.91. The molecule has 1 atom stereocenters. The fraction of sp³-hybridized carbons (Fsp3) is 0.375. The van der Waals surface area contributed by atoms with Gasteiger partial charge in [0.2, 0.25) is 0 Å². The molecule has 1 saturated heterocycles. The maximum Gasteiger partial charge on any atom is 0.340 e. The molecule has 2 aromatic rings. The van der Waals surface area contributed by atoms with E-state index in [0.717, 1.165) is 10.9 Å². The number of hydrogen-bond donors (Lipinski definition) is 1. The third kappa shape index (κ3) is 3.43. The van der Waals surface area contributed by atoms with Crippen molar-refractivity contribution in [3.63, 3.8) is 0 Å². The molecule has 1 aliphatic rings. The number of carbonyl (C=O) groups is 2. The highest BCUT2D eigenvalue weighted by Crippen LogP contribution is 2.21. The molecular weight excluding hydrogens is 332 g/mol. The summed E-state index contributed by atoms with van der Waals surface area (Å²) in [5, 5.41) is 3.34. The number of ether oxygens (including phenoxy) is 1. The van der Waals surface area contributed by atoms with Crippen molar-refractivity contribution in [2.75, 3.05) is 18.1 Å². The van der Waals surface area contributed by atoms with Gasteiger partial charge in [-0.05, 0) is 12.5 Å². The predicted molar refractivity (Wildman–Crippen MR) is 88.4 cm³/mol. The molecule has 7 nitrogen and oxygen atoms in total. The van der Waals surface area contributed by atoms with Crippen LogP contribution in [0.3, 0.4) is 0 Å². The van der Waals surface area contributed by atoms with Gasteiger partial charge in [0.05, 0.1) is 17.1 Å². The standard InChI is InChI=1S/C16H18N2O5S/c1-18-8-13(12-4-2-3-5-14(12)18)16(20)23-9-15(19)17-11-6-7-24(21,22)10-11/h2-5,8,11H,6-7,9-10H2,1H3,(H,17,19)/t11-/m1/s1. The molecular formula is C16H18N2O5S. The molecule has 24 heavy (non-hydrogen) atoms. The zero-order valence-corrected chi connectivity index (χ0v) is 14.0. The largest absolute Gasteiger partial charge is 0.452 e. The van der Waals surface area contributed by atoms with Crippen molar-refractivity contribution in [3.05, 3.63) is 36.0 Å². The molecule has 0 aliphatic carbocycles. The van der Waals surface area contributed by atoms with E-state index >= 15 is 0 Å². The Kier molecular flexibility index (Phi) is 4.31. The molecule has 0 spiro atoms. The van der Waals surface area contributed by atoms with Gasteiger partial charge in [-0.3, -0.25) is 4.79 Å². The first-order valence-corrected chi connectivity index (χ1v) is 9.39. The maximum absolute atomic E-state index is 12.2. The summed E-state index contributed by atoms with van der Waals surface area (Å²) in [7, 11) is -1.24. The first-order valence-electron chi connectivity index (χ1n) is 7.57. The zero-order chi connectivity index (χ0) is 17.3. The second-order valence-corrected chi connectivity index (χ2v) is 8.14. The van der Waals surface area contributed by atoms with Crippen LogP contribution in [0.1, 0.15) is 16.8 Å². The number of fused-ring (bicyclic) bond motifs is 1. The lowest BCUT2D eigenvalue weighted by Crippen LogP contribution is -2.38. The summed E-state index contributed by atoms with van der Waals surface area (Å²) >= 11 is 0. The summed E-state index contributed by atoms with van der Waals surface area (Å²) in [5.74, 6) is -1.06. The Hall–Kier alpha value is -2.35. The number of para-hydroxylation sites is 1. The molecule has 8 heteroatoms. The van der Waals surface area contributed by atoms with E-state index in [4.69, 9.17) is 4.74 Å². The average Bonchev–Trinajstić information content (AvgIpc) is 3.05. The quantitative estimate of drug-likeness (QED) is 0.817. The third-order valence-corrected chi connectivity index (χ3v) is 5.82. The summed E-state index contributed by atoms with van der Waals surface area (Å²) in [6, 6.07) is 7.00. The van der Waals surface area contributed by atoms with Gasteiger partial charge in [-0.2, -0.15) is 0 Å². The molecule has 3 rings (SSSR count). The van der Waals surface area contributed by atoms with Crippen LogP contribution in [0.4, 0.5) is 0 Å². The van der Waals surface area contributed by atoms with Crippen LogP contribution in [0.15, 0.2) is 30.5 Å². The zero-order valence-electron chi connectivity index (χ0n) is 13.2. The van der Waals surface area contributed by atoms with Gasteiger partial charge in [0.25, 0.3) is 5.91 Å². The van der Waals surface area contributed by atoms with Crippen molar-refractivity contribution < 1.29 is 22.7 Å². The monoisotopic (exact) mass is 350 g/mol. The fourth-order valence-electron chi connectivity index (χ4n) is 2.89. The van der Waals surface area contributed by atoms with Gasteiger partial charge in [0, 0.05) is 30.2 Å². The highest BCUT2D eigenvalue weighted by atomic mass is 32.2. The van der Waals surface area contributed by atoms with E-state index in [2.05, 4.69) is 5.32 Å². The number of rotatable bonds is 4. The number of aromatic nitrogens is 1. The molecule has 2 heterocycles. The molecule has 0 bridgehead atoms. The van der Waals surface area contributed by atoms with Gasteiger partial charge in [-0.15, -0.1) is 0 Å². The molecule has 1 aromatic carbocycles. The van der Waals surface area contributed by atoms with Crippen LogP contribution >= 0.6 is 0 Å². The first kappa shape index (κ1) is 16.5. The Morgan fingerprint density at radius 3 is 2.79 bits per heavy atom. The van der Waals surface area contributed by atoms with E-state index in [1.807, 2.05) is 35.9 Å². The minimum Gasteiger partial charge on any atom is -0.452 e. The lowest BCUT2D eigenvalue weighted by atomic mass is 10.2. The lowest BCUT2D eigenvalue weighted by Gasteiger charge is -2.10. The van der Waals surface area contributed by atoms with E-state index in [0.29, 0.717) is 12.0 Å². The third-order valence-electron chi connectivity index (χ3n) is 4.05. The first-order chi connectivity index (χ1) is 11.4. The molecule has 0 radical (unpaired) electrons.